The van der Waals surface area contributed by atoms with Gasteiger partial charge in [0.15, 0.2) is 0 Å². The van der Waals surface area contributed by atoms with Crippen molar-refractivity contribution in [2.24, 2.45) is 0 Å². The third-order valence-corrected chi connectivity index (χ3v) is 2.94. The molecule has 0 spiro atoms. The van der Waals surface area contributed by atoms with E-state index in [1.807, 2.05) is 18.2 Å². The summed E-state index contributed by atoms with van der Waals surface area (Å²) in [6.07, 6.45) is 4.85. The predicted octanol–water partition coefficient (Wildman–Crippen LogP) is 5.06. The van der Waals surface area contributed by atoms with Crippen molar-refractivity contribution < 1.29 is 4.74 Å². The van der Waals surface area contributed by atoms with Gasteiger partial charge in [0.25, 0.3) is 0 Å². The second-order valence-electron chi connectivity index (χ2n) is 3.48. The summed E-state index contributed by atoms with van der Waals surface area (Å²) in [5, 5.41) is 0.667. The smallest absolute Gasteiger partial charge is 0.137 e. The van der Waals surface area contributed by atoms with E-state index in [9.17, 15) is 0 Å². The van der Waals surface area contributed by atoms with Gasteiger partial charge in [0.2, 0.25) is 0 Å². The zero-order valence-electron chi connectivity index (χ0n) is 8.93. The van der Waals surface area contributed by atoms with Crippen molar-refractivity contribution >= 4 is 27.5 Å². The van der Waals surface area contributed by atoms with Crippen molar-refractivity contribution in [2.75, 3.05) is 6.61 Å². The van der Waals surface area contributed by atoms with Crippen LogP contribution in [0.3, 0.4) is 0 Å². The number of halogens is 2. The summed E-state index contributed by atoms with van der Waals surface area (Å²) in [5.41, 5.74) is 0. The largest absolute Gasteiger partial charge is 0.492 e. The van der Waals surface area contributed by atoms with Gasteiger partial charge in [0.1, 0.15) is 5.75 Å². The fourth-order valence-corrected chi connectivity index (χ4v) is 2.03. The van der Waals surface area contributed by atoms with E-state index in [4.69, 9.17) is 16.3 Å². The normalized spacial score (nSPS) is 10.3. The lowest BCUT2D eigenvalue weighted by Gasteiger charge is -2.07. The molecule has 0 amide bonds. The molecule has 0 aliphatic rings. The lowest BCUT2D eigenvalue weighted by Crippen LogP contribution is -1.97. The molecule has 0 saturated heterocycles. The summed E-state index contributed by atoms with van der Waals surface area (Å²) in [7, 11) is 0. The Hall–Kier alpha value is -0.210. The van der Waals surface area contributed by atoms with Crippen LogP contribution in [0.1, 0.15) is 32.6 Å². The molecule has 0 heterocycles. The minimum atomic E-state index is 0.667. The number of rotatable bonds is 6. The molecule has 0 aromatic heterocycles. The molecule has 0 N–H and O–H groups in total. The minimum Gasteiger partial charge on any atom is -0.492 e. The molecule has 84 valence electrons. The Kier molecular flexibility index (Phi) is 6.11. The van der Waals surface area contributed by atoms with Gasteiger partial charge in [-0.3, -0.25) is 0 Å². The summed E-state index contributed by atoms with van der Waals surface area (Å²) in [5.74, 6) is 0.774. The van der Waals surface area contributed by atoms with E-state index >= 15 is 0 Å². The predicted molar refractivity (Wildman–Crippen MR) is 68.8 cm³/mol. The second-order valence-corrected chi connectivity index (χ2v) is 4.81. The molecule has 0 atom stereocenters. The van der Waals surface area contributed by atoms with Gasteiger partial charge >= 0.3 is 0 Å². The summed E-state index contributed by atoms with van der Waals surface area (Å²) in [4.78, 5) is 0. The molecule has 0 aliphatic carbocycles. The van der Waals surface area contributed by atoms with Crippen molar-refractivity contribution in [3.63, 3.8) is 0 Å². The maximum atomic E-state index is 6.01. The van der Waals surface area contributed by atoms with Gasteiger partial charge in [-0.25, -0.2) is 0 Å². The van der Waals surface area contributed by atoms with Crippen LogP contribution in [0.15, 0.2) is 22.7 Å². The highest BCUT2D eigenvalue weighted by atomic mass is 79.9. The summed E-state index contributed by atoms with van der Waals surface area (Å²) >= 11 is 9.37. The van der Waals surface area contributed by atoms with Crippen molar-refractivity contribution in [1.82, 2.24) is 0 Å². The van der Waals surface area contributed by atoms with Crippen LogP contribution in [0, 0.1) is 0 Å². The lowest BCUT2D eigenvalue weighted by molar-refractivity contribution is 0.305. The molecule has 1 aromatic rings. The van der Waals surface area contributed by atoms with Crippen LogP contribution < -0.4 is 4.74 Å². The topological polar surface area (TPSA) is 9.23 Å². The maximum Gasteiger partial charge on any atom is 0.137 e. The zero-order chi connectivity index (χ0) is 11.1. The average molecular weight is 292 g/mol. The molecule has 0 unspecified atom stereocenters. The molecule has 0 aliphatic heterocycles. The van der Waals surface area contributed by atoms with Crippen LogP contribution in [0.25, 0.3) is 0 Å². The molecule has 0 saturated carbocycles. The Morgan fingerprint density at radius 2 is 2.07 bits per heavy atom. The minimum absolute atomic E-state index is 0.667. The van der Waals surface area contributed by atoms with Gasteiger partial charge in [0.05, 0.1) is 11.6 Å². The fraction of sp³-hybridized carbons (Fsp3) is 0.500. The highest BCUT2D eigenvalue weighted by Crippen LogP contribution is 2.27. The fourth-order valence-electron chi connectivity index (χ4n) is 1.30. The van der Waals surface area contributed by atoms with Crippen molar-refractivity contribution in [3.8, 4) is 5.75 Å². The highest BCUT2D eigenvalue weighted by molar-refractivity contribution is 9.10. The Bertz CT molecular complexity index is 302. The van der Waals surface area contributed by atoms with E-state index in [1.165, 1.54) is 19.3 Å². The first-order chi connectivity index (χ1) is 7.24. The van der Waals surface area contributed by atoms with Gasteiger partial charge < -0.3 is 4.74 Å². The van der Waals surface area contributed by atoms with Gasteiger partial charge in [-0.15, -0.1) is 0 Å². The van der Waals surface area contributed by atoms with Crippen LogP contribution in [-0.2, 0) is 0 Å². The van der Waals surface area contributed by atoms with Crippen LogP contribution in [0.5, 0.6) is 5.75 Å². The molecular formula is C12H16BrClO. The zero-order valence-corrected chi connectivity index (χ0v) is 11.3. The molecule has 0 fully saturated rings. The van der Waals surface area contributed by atoms with E-state index < -0.39 is 0 Å². The van der Waals surface area contributed by atoms with Crippen LogP contribution in [0.4, 0.5) is 0 Å². The first-order valence-electron chi connectivity index (χ1n) is 5.32. The van der Waals surface area contributed by atoms with Crippen molar-refractivity contribution in [3.05, 3.63) is 27.7 Å². The van der Waals surface area contributed by atoms with Gasteiger partial charge in [-0.05, 0) is 24.6 Å². The molecule has 1 rings (SSSR count). The summed E-state index contributed by atoms with van der Waals surface area (Å²) in [6.45, 7) is 2.95. The van der Waals surface area contributed by atoms with Gasteiger partial charge in [-0.2, -0.15) is 0 Å². The van der Waals surface area contributed by atoms with E-state index in [0.29, 0.717) is 5.02 Å². The Morgan fingerprint density at radius 3 is 2.73 bits per heavy atom. The summed E-state index contributed by atoms with van der Waals surface area (Å²) < 4.78 is 6.56. The number of hydrogen-bond donors (Lipinski definition) is 0. The molecule has 0 radical (unpaired) electrons. The van der Waals surface area contributed by atoms with Crippen LogP contribution in [-0.4, -0.2) is 6.61 Å². The molecule has 1 aromatic carbocycles. The van der Waals surface area contributed by atoms with Gasteiger partial charge in [0, 0.05) is 4.47 Å². The van der Waals surface area contributed by atoms with E-state index in [0.717, 1.165) is 23.2 Å². The monoisotopic (exact) mass is 290 g/mol. The van der Waals surface area contributed by atoms with Crippen LogP contribution >= 0.6 is 27.5 Å². The van der Waals surface area contributed by atoms with Crippen LogP contribution in [0.2, 0.25) is 5.02 Å². The quantitative estimate of drug-likeness (QED) is 0.666. The van der Waals surface area contributed by atoms with Crippen molar-refractivity contribution in [2.45, 2.75) is 32.6 Å². The number of hydrogen-bond acceptors (Lipinski definition) is 1. The molecular weight excluding hydrogens is 275 g/mol. The average Bonchev–Trinajstić information content (AvgIpc) is 2.20. The Morgan fingerprint density at radius 1 is 1.27 bits per heavy atom. The standard InChI is InChI=1S/C12H16BrClO/c1-2-3-4-5-8-15-12-7-6-10(13)9-11(12)14/h6-7,9H,2-5,8H2,1H3. The molecule has 15 heavy (non-hydrogen) atoms. The van der Waals surface area contributed by atoms with E-state index in [1.54, 1.807) is 0 Å². The lowest BCUT2D eigenvalue weighted by atomic mass is 10.2. The first-order valence-corrected chi connectivity index (χ1v) is 6.49. The highest BCUT2D eigenvalue weighted by Gasteiger charge is 2.01. The number of ether oxygens (including phenoxy) is 1. The second kappa shape index (κ2) is 7.13. The first kappa shape index (κ1) is 12.9. The van der Waals surface area contributed by atoms with E-state index in [-0.39, 0.29) is 0 Å². The molecule has 1 nitrogen and oxygen atoms in total. The SMILES string of the molecule is CCCCCCOc1ccc(Br)cc1Cl. The Labute approximate surface area is 105 Å². The summed E-state index contributed by atoms with van der Waals surface area (Å²) in [6, 6.07) is 5.68. The van der Waals surface area contributed by atoms with E-state index in [2.05, 4.69) is 22.9 Å². The molecule has 0 bridgehead atoms. The third-order valence-electron chi connectivity index (χ3n) is 2.15. The number of benzene rings is 1. The van der Waals surface area contributed by atoms with Crippen molar-refractivity contribution in [1.29, 1.82) is 0 Å². The molecule has 3 heteroatoms. The van der Waals surface area contributed by atoms with Gasteiger partial charge in [-0.1, -0.05) is 53.7 Å². The third kappa shape index (κ3) is 4.89. The number of unbranched alkanes of at least 4 members (excludes halogenated alkanes) is 3. The Balaban J connectivity index is 2.31. The maximum absolute atomic E-state index is 6.01.